The molecule has 0 radical (unpaired) electrons. The van der Waals surface area contributed by atoms with Gasteiger partial charge < -0.3 is 10.1 Å². The SMILES string of the molecule is CC(Nc1nnc2ccccc2n1)C1CCCO1. The highest BCUT2D eigenvalue weighted by Gasteiger charge is 2.22. The van der Waals surface area contributed by atoms with Crippen LogP contribution in [0.3, 0.4) is 0 Å². The summed E-state index contributed by atoms with van der Waals surface area (Å²) in [6.07, 6.45) is 2.47. The zero-order chi connectivity index (χ0) is 12.4. The van der Waals surface area contributed by atoms with E-state index in [0.717, 1.165) is 30.5 Å². The van der Waals surface area contributed by atoms with Crippen LogP contribution in [0.1, 0.15) is 19.8 Å². The third-order valence-electron chi connectivity index (χ3n) is 3.24. The molecule has 2 unspecified atom stereocenters. The van der Waals surface area contributed by atoms with Gasteiger partial charge in [0.05, 0.1) is 17.7 Å². The molecule has 0 saturated carbocycles. The summed E-state index contributed by atoms with van der Waals surface area (Å²) in [5.74, 6) is 0.566. The topological polar surface area (TPSA) is 59.9 Å². The molecule has 2 aromatic rings. The minimum Gasteiger partial charge on any atom is -0.376 e. The normalized spacial score (nSPS) is 21.1. The Labute approximate surface area is 106 Å². The second kappa shape index (κ2) is 4.86. The van der Waals surface area contributed by atoms with Crippen LogP contribution in [0.25, 0.3) is 11.0 Å². The van der Waals surface area contributed by atoms with E-state index in [9.17, 15) is 0 Å². The number of nitrogens with one attached hydrogen (secondary N) is 1. The Balaban J connectivity index is 1.77. The molecule has 2 atom stereocenters. The van der Waals surface area contributed by atoms with Gasteiger partial charge in [-0.3, -0.25) is 0 Å². The molecule has 0 spiro atoms. The van der Waals surface area contributed by atoms with Crippen LogP contribution in [-0.4, -0.2) is 33.9 Å². The molecular formula is C13H16N4O. The van der Waals surface area contributed by atoms with Gasteiger partial charge in [0.25, 0.3) is 0 Å². The Morgan fingerprint density at radius 1 is 1.28 bits per heavy atom. The Hall–Kier alpha value is -1.75. The zero-order valence-corrected chi connectivity index (χ0v) is 10.3. The molecule has 5 nitrogen and oxygen atoms in total. The lowest BCUT2D eigenvalue weighted by molar-refractivity contribution is 0.0994. The molecule has 1 fully saturated rings. The lowest BCUT2D eigenvalue weighted by atomic mass is 10.1. The van der Waals surface area contributed by atoms with Crippen molar-refractivity contribution in [1.82, 2.24) is 15.2 Å². The smallest absolute Gasteiger partial charge is 0.243 e. The second-order valence-corrected chi connectivity index (χ2v) is 4.61. The molecule has 1 aromatic heterocycles. The number of ether oxygens (including phenoxy) is 1. The van der Waals surface area contributed by atoms with Crippen molar-refractivity contribution in [1.29, 1.82) is 0 Å². The third-order valence-corrected chi connectivity index (χ3v) is 3.24. The fourth-order valence-corrected chi connectivity index (χ4v) is 2.24. The number of hydrogen-bond acceptors (Lipinski definition) is 5. The van der Waals surface area contributed by atoms with Crippen molar-refractivity contribution in [2.24, 2.45) is 0 Å². The number of para-hydroxylation sites is 1. The molecule has 1 saturated heterocycles. The monoisotopic (exact) mass is 244 g/mol. The maximum atomic E-state index is 5.64. The standard InChI is InChI=1S/C13H16N4O/c1-9(12-7-4-8-18-12)14-13-15-10-5-2-3-6-11(10)16-17-13/h2-3,5-6,9,12H,4,7-8H2,1H3,(H,14,15,17). The highest BCUT2D eigenvalue weighted by Crippen LogP contribution is 2.18. The van der Waals surface area contributed by atoms with Crippen LogP contribution in [0, 0.1) is 0 Å². The minimum absolute atomic E-state index is 0.204. The molecule has 1 aliphatic rings. The number of benzene rings is 1. The van der Waals surface area contributed by atoms with Crippen molar-refractivity contribution in [3.05, 3.63) is 24.3 Å². The van der Waals surface area contributed by atoms with Gasteiger partial charge in [-0.2, -0.15) is 0 Å². The first-order valence-electron chi connectivity index (χ1n) is 6.30. The van der Waals surface area contributed by atoms with Crippen LogP contribution in [0.15, 0.2) is 24.3 Å². The molecule has 1 N–H and O–H groups in total. The summed E-state index contributed by atoms with van der Waals surface area (Å²) in [5.41, 5.74) is 1.67. The lowest BCUT2D eigenvalue weighted by Crippen LogP contribution is -2.30. The molecule has 5 heteroatoms. The van der Waals surface area contributed by atoms with Crippen LogP contribution < -0.4 is 5.32 Å². The number of rotatable bonds is 3. The van der Waals surface area contributed by atoms with Gasteiger partial charge in [-0.25, -0.2) is 4.98 Å². The van der Waals surface area contributed by atoms with Crippen molar-refractivity contribution < 1.29 is 4.74 Å². The number of hydrogen-bond donors (Lipinski definition) is 1. The largest absolute Gasteiger partial charge is 0.376 e. The minimum atomic E-state index is 0.204. The first-order chi connectivity index (χ1) is 8.83. The predicted molar refractivity (Wildman–Crippen MR) is 69.4 cm³/mol. The molecule has 1 aliphatic heterocycles. The van der Waals surface area contributed by atoms with E-state index in [1.54, 1.807) is 0 Å². The van der Waals surface area contributed by atoms with E-state index in [0.29, 0.717) is 5.95 Å². The van der Waals surface area contributed by atoms with Gasteiger partial charge in [0.1, 0.15) is 5.52 Å². The van der Waals surface area contributed by atoms with E-state index in [1.165, 1.54) is 0 Å². The number of nitrogens with zero attached hydrogens (tertiary/aromatic N) is 3. The Bertz CT molecular complexity index is 539. The van der Waals surface area contributed by atoms with E-state index < -0.39 is 0 Å². The first kappa shape index (κ1) is 11.3. The number of anilines is 1. The number of aromatic nitrogens is 3. The maximum absolute atomic E-state index is 5.64. The van der Waals surface area contributed by atoms with Crippen molar-refractivity contribution in [3.8, 4) is 0 Å². The van der Waals surface area contributed by atoms with Crippen molar-refractivity contribution in [2.45, 2.75) is 31.9 Å². The van der Waals surface area contributed by atoms with Gasteiger partial charge in [0.15, 0.2) is 0 Å². The van der Waals surface area contributed by atoms with Crippen molar-refractivity contribution in [2.75, 3.05) is 11.9 Å². The third kappa shape index (κ3) is 2.26. The molecule has 94 valence electrons. The molecule has 0 bridgehead atoms. The van der Waals surface area contributed by atoms with Crippen LogP contribution in [0.4, 0.5) is 5.95 Å². The van der Waals surface area contributed by atoms with Crippen LogP contribution in [0.5, 0.6) is 0 Å². The van der Waals surface area contributed by atoms with E-state index in [1.807, 2.05) is 24.3 Å². The van der Waals surface area contributed by atoms with Gasteiger partial charge >= 0.3 is 0 Å². The molecule has 0 aliphatic carbocycles. The van der Waals surface area contributed by atoms with Crippen LogP contribution >= 0.6 is 0 Å². The maximum Gasteiger partial charge on any atom is 0.243 e. The summed E-state index contributed by atoms with van der Waals surface area (Å²) in [7, 11) is 0. The molecule has 1 aromatic carbocycles. The van der Waals surface area contributed by atoms with Crippen LogP contribution in [-0.2, 0) is 4.74 Å². The number of fused-ring (bicyclic) bond motifs is 1. The predicted octanol–water partition coefficient (Wildman–Crippen LogP) is 2.00. The summed E-state index contributed by atoms with van der Waals surface area (Å²) in [6, 6.07) is 7.93. The fourth-order valence-electron chi connectivity index (χ4n) is 2.24. The molecule has 2 heterocycles. The molecular weight excluding hydrogens is 228 g/mol. The quantitative estimate of drug-likeness (QED) is 0.894. The summed E-state index contributed by atoms with van der Waals surface area (Å²) >= 11 is 0. The highest BCUT2D eigenvalue weighted by atomic mass is 16.5. The summed E-state index contributed by atoms with van der Waals surface area (Å²) in [5, 5.41) is 11.5. The van der Waals surface area contributed by atoms with Gasteiger partial charge in [0.2, 0.25) is 5.95 Å². The Morgan fingerprint density at radius 3 is 2.89 bits per heavy atom. The van der Waals surface area contributed by atoms with E-state index >= 15 is 0 Å². The van der Waals surface area contributed by atoms with Crippen LogP contribution in [0.2, 0.25) is 0 Å². The van der Waals surface area contributed by atoms with Gasteiger partial charge in [0, 0.05) is 6.61 Å². The van der Waals surface area contributed by atoms with Crippen molar-refractivity contribution in [3.63, 3.8) is 0 Å². The molecule has 18 heavy (non-hydrogen) atoms. The van der Waals surface area contributed by atoms with E-state index in [-0.39, 0.29) is 12.1 Å². The summed E-state index contributed by atoms with van der Waals surface area (Å²) in [4.78, 5) is 4.45. The lowest BCUT2D eigenvalue weighted by Gasteiger charge is -2.19. The van der Waals surface area contributed by atoms with Crippen molar-refractivity contribution >= 4 is 17.0 Å². The molecule has 3 rings (SSSR count). The zero-order valence-electron chi connectivity index (χ0n) is 10.3. The second-order valence-electron chi connectivity index (χ2n) is 4.61. The summed E-state index contributed by atoms with van der Waals surface area (Å²) in [6.45, 7) is 2.95. The Morgan fingerprint density at radius 2 is 2.11 bits per heavy atom. The summed E-state index contributed by atoms with van der Waals surface area (Å²) < 4.78 is 5.64. The average molecular weight is 244 g/mol. The average Bonchev–Trinajstić information content (AvgIpc) is 2.92. The molecule has 0 amide bonds. The highest BCUT2D eigenvalue weighted by molar-refractivity contribution is 5.74. The van der Waals surface area contributed by atoms with Gasteiger partial charge in [-0.1, -0.05) is 12.1 Å². The van der Waals surface area contributed by atoms with E-state index in [2.05, 4.69) is 27.4 Å². The first-order valence-corrected chi connectivity index (χ1v) is 6.30. The fraction of sp³-hybridized carbons (Fsp3) is 0.462. The van der Waals surface area contributed by atoms with Gasteiger partial charge in [-0.05, 0) is 31.9 Å². The van der Waals surface area contributed by atoms with E-state index in [4.69, 9.17) is 4.74 Å². The Kier molecular flexibility index (Phi) is 3.06. The van der Waals surface area contributed by atoms with Gasteiger partial charge in [-0.15, -0.1) is 10.2 Å².